The molecule has 0 spiro atoms. The van der Waals surface area contributed by atoms with E-state index in [1.165, 1.54) is 6.42 Å². The van der Waals surface area contributed by atoms with Crippen LogP contribution in [-0.2, 0) is 9.47 Å². The second kappa shape index (κ2) is 9.32. The van der Waals surface area contributed by atoms with Gasteiger partial charge in [-0.05, 0) is 33.1 Å². The molecule has 0 N–H and O–H groups in total. The van der Waals surface area contributed by atoms with E-state index in [0.717, 1.165) is 17.9 Å². The molecule has 0 fully saturated rings. The molecule has 0 heterocycles. The first-order valence-electron chi connectivity index (χ1n) is 6.28. The fourth-order valence-corrected chi connectivity index (χ4v) is 1.24. The van der Waals surface area contributed by atoms with Crippen molar-refractivity contribution in [2.24, 2.45) is 5.92 Å². The average molecular weight is 226 g/mol. The van der Waals surface area contributed by atoms with Crippen molar-refractivity contribution in [1.82, 2.24) is 0 Å². The Morgan fingerprint density at radius 3 is 2.12 bits per heavy atom. The Labute approximate surface area is 100 Å². The van der Waals surface area contributed by atoms with E-state index in [2.05, 4.69) is 26.0 Å². The minimum Gasteiger partial charge on any atom is -0.466 e. The molecule has 0 rings (SSSR count). The molecule has 16 heavy (non-hydrogen) atoms. The first-order chi connectivity index (χ1) is 7.65. The zero-order valence-electron chi connectivity index (χ0n) is 11.4. The van der Waals surface area contributed by atoms with Gasteiger partial charge in [0.05, 0.1) is 13.2 Å². The minimum absolute atomic E-state index is 0.645. The van der Waals surface area contributed by atoms with Gasteiger partial charge in [0, 0.05) is 5.57 Å². The Bertz CT molecular complexity index is 221. The van der Waals surface area contributed by atoms with E-state index in [9.17, 15) is 0 Å². The normalized spacial score (nSPS) is 12.6. The third-order valence-electron chi connectivity index (χ3n) is 2.48. The lowest BCUT2D eigenvalue weighted by molar-refractivity contribution is 0.0438. The summed E-state index contributed by atoms with van der Waals surface area (Å²) in [5, 5.41) is 0. The number of ether oxygens (including phenoxy) is 2. The van der Waals surface area contributed by atoms with Gasteiger partial charge in [-0.3, -0.25) is 0 Å². The van der Waals surface area contributed by atoms with E-state index in [0.29, 0.717) is 19.2 Å². The highest BCUT2D eigenvalue weighted by Crippen LogP contribution is 2.12. The lowest BCUT2D eigenvalue weighted by atomic mass is 10.0. The molecular formula is C14H26O2. The molecule has 0 bridgehead atoms. The molecule has 0 saturated heterocycles. The summed E-state index contributed by atoms with van der Waals surface area (Å²) in [6, 6.07) is 0. The van der Waals surface area contributed by atoms with Crippen LogP contribution in [0.25, 0.3) is 0 Å². The highest BCUT2D eigenvalue weighted by Gasteiger charge is 2.01. The lowest BCUT2D eigenvalue weighted by Gasteiger charge is -2.10. The SMILES string of the molecule is CCOC(OCC)=C(C)C=CCC(C)CC. The Morgan fingerprint density at radius 1 is 1.12 bits per heavy atom. The van der Waals surface area contributed by atoms with Crippen LogP contribution in [0.5, 0.6) is 0 Å². The van der Waals surface area contributed by atoms with Crippen LogP contribution in [0.15, 0.2) is 23.7 Å². The van der Waals surface area contributed by atoms with Gasteiger partial charge in [-0.1, -0.05) is 32.4 Å². The van der Waals surface area contributed by atoms with Crippen LogP contribution in [-0.4, -0.2) is 13.2 Å². The lowest BCUT2D eigenvalue weighted by Crippen LogP contribution is -2.00. The van der Waals surface area contributed by atoms with Crippen molar-refractivity contribution in [1.29, 1.82) is 0 Å². The number of hydrogen-bond donors (Lipinski definition) is 0. The molecule has 2 heteroatoms. The van der Waals surface area contributed by atoms with Crippen LogP contribution in [0.4, 0.5) is 0 Å². The molecule has 0 aromatic carbocycles. The van der Waals surface area contributed by atoms with Gasteiger partial charge in [-0.2, -0.15) is 0 Å². The molecule has 0 amide bonds. The molecule has 0 saturated carbocycles. The van der Waals surface area contributed by atoms with Crippen molar-refractivity contribution in [3.05, 3.63) is 23.7 Å². The summed E-state index contributed by atoms with van der Waals surface area (Å²) in [5.74, 6) is 1.40. The van der Waals surface area contributed by atoms with Gasteiger partial charge in [0.2, 0.25) is 0 Å². The Kier molecular flexibility index (Phi) is 8.78. The van der Waals surface area contributed by atoms with E-state index in [-0.39, 0.29) is 0 Å². The highest BCUT2D eigenvalue weighted by molar-refractivity contribution is 5.17. The summed E-state index contributed by atoms with van der Waals surface area (Å²) in [4.78, 5) is 0. The zero-order valence-corrected chi connectivity index (χ0v) is 11.4. The van der Waals surface area contributed by atoms with E-state index in [1.54, 1.807) is 0 Å². The van der Waals surface area contributed by atoms with Gasteiger partial charge in [-0.25, -0.2) is 0 Å². The maximum Gasteiger partial charge on any atom is 0.282 e. The molecule has 0 aliphatic rings. The van der Waals surface area contributed by atoms with Gasteiger partial charge in [0.15, 0.2) is 0 Å². The van der Waals surface area contributed by atoms with Gasteiger partial charge in [0.1, 0.15) is 0 Å². The molecule has 0 aliphatic carbocycles. The fourth-order valence-electron chi connectivity index (χ4n) is 1.24. The van der Waals surface area contributed by atoms with Crippen LogP contribution in [0.3, 0.4) is 0 Å². The predicted octanol–water partition coefficient (Wildman–Crippen LogP) is 4.28. The third-order valence-corrected chi connectivity index (χ3v) is 2.48. The molecule has 1 atom stereocenters. The van der Waals surface area contributed by atoms with Gasteiger partial charge < -0.3 is 9.47 Å². The Hall–Kier alpha value is -0.920. The van der Waals surface area contributed by atoms with Gasteiger partial charge in [-0.15, -0.1) is 0 Å². The maximum absolute atomic E-state index is 5.43. The topological polar surface area (TPSA) is 18.5 Å². The molecule has 1 unspecified atom stereocenters. The number of rotatable bonds is 8. The molecule has 0 aliphatic heterocycles. The molecular weight excluding hydrogens is 200 g/mol. The molecule has 0 aromatic heterocycles. The predicted molar refractivity (Wildman–Crippen MR) is 69.2 cm³/mol. The summed E-state index contributed by atoms with van der Waals surface area (Å²) >= 11 is 0. The van der Waals surface area contributed by atoms with Crippen LogP contribution >= 0.6 is 0 Å². The van der Waals surface area contributed by atoms with Crippen molar-refractivity contribution >= 4 is 0 Å². The third kappa shape index (κ3) is 6.54. The summed E-state index contributed by atoms with van der Waals surface area (Å²) in [6.07, 6.45) is 6.62. The highest BCUT2D eigenvalue weighted by atomic mass is 16.7. The molecule has 2 nitrogen and oxygen atoms in total. The summed E-state index contributed by atoms with van der Waals surface area (Å²) < 4.78 is 10.9. The van der Waals surface area contributed by atoms with E-state index >= 15 is 0 Å². The van der Waals surface area contributed by atoms with Crippen molar-refractivity contribution in [3.63, 3.8) is 0 Å². The number of allylic oxidation sites excluding steroid dienone is 3. The van der Waals surface area contributed by atoms with E-state index in [1.807, 2.05) is 20.8 Å². The standard InChI is InChI=1S/C14H26O2/c1-6-12(4)10-9-11-13(5)14(15-7-2)16-8-3/h9,11-12H,6-8,10H2,1-5H3. The van der Waals surface area contributed by atoms with Crippen molar-refractivity contribution < 1.29 is 9.47 Å². The van der Waals surface area contributed by atoms with Crippen molar-refractivity contribution in [2.45, 2.75) is 47.5 Å². The van der Waals surface area contributed by atoms with Gasteiger partial charge in [0.25, 0.3) is 5.95 Å². The first kappa shape index (κ1) is 15.1. The smallest absolute Gasteiger partial charge is 0.282 e. The van der Waals surface area contributed by atoms with Crippen molar-refractivity contribution in [2.75, 3.05) is 13.2 Å². The van der Waals surface area contributed by atoms with Gasteiger partial charge >= 0.3 is 0 Å². The Morgan fingerprint density at radius 2 is 1.69 bits per heavy atom. The van der Waals surface area contributed by atoms with Crippen molar-refractivity contribution in [3.8, 4) is 0 Å². The largest absolute Gasteiger partial charge is 0.466 e. The fraction of sp³-hybridized carbons (Fsp3) is 0.714. The molecule has 0 aromatic rings. The molecule has 0 radical (unpaired) electrons. The monoisotopic (exact) mass is 226 g/mol. The quantitative estimate of drug-likeness (QED) is 0.454. The zero-order chi connectivity index (χ0) is 12.4. The summed E-state index contributed by atoms with van der Waals surface area (Å²) in [6.45, 7) is 11.7. The van der Waals surface area contributed by atoms with Crippen LogP contribution in [0, 0.1) is 5.92 Å². The van der Waals surface area contributed by atoms with E-state index < -0.39 is 0 Å². The Balaban J connectivity index is 4.33. The second-order valence-electron chi connectivity index (χ2n) is 3.99. The first-order valence-corrected chi connectivity index (χ1v) is 6.28. The van der Waals surface area contributed by atoms with Crippen LogP contribution in [0.2, 0.25) is 0 Å². The van der Waals surface area contributed by atoms with Crippen LogP contribution < -0.4 is 0 Å². The van der Waals surface area contributed by atoms with E-state index in [4.69, 9.17) is 9.47 Å². The summed E-state index contributed by atoms with van der Waals surface area (Å²) in [5.41, 5.74) is 1.06. The summed E-state index contributed by atoms with van der Waals surface area (Å²) in [7, 11) is 0. The second-order valence-corrected chi connectivity index (χ2v) is 3.99. The molecule has 94 valence electrons. The average Bonchev–Trinajstić information content (AvgIpc) is 2.28. The minimum atomic E-state index is 0.645. The van der Waals surface area contributed by atoms with Crippen LogP contribution in [0.1, 0.15) is 47.5 Å². The maximum atomic E-state index is 5.43. The number of hydrogen-bond acceptors (Lipinski definition) is 2.